The second kappa shape index (κ2) is 5.86. The Bertz CT molecular complexity index is 587. The number of ether oxygens (including phenoxy) is 1. The van der Waals surface area contributed by atoms with E-state index < -0.39 is 0 Å². The fraction of sp³-hybridized carbons (Fsp3) is 0.294. The first kappa shape index (κ1) is 13.5. The lowest BCUT2D eigenvalue weighted by Crippen LogP contribution is -2.29. The Labute approximate surface area is 124 Å². The molecule has 2 aromatic rings. The molecule has 3 heteroatoms. The number of hydrogen-bond donors (Lipinski definition) is 1. The predicted octanol–water partition coefficient (Wildman–Crippen LogP) is 3.61. The minimum absolute atomic E-state index is 0.480. The second-order valence-electron chi connectivity index (χ2n) is 5.18. The maximum atomic E-state index is 6.26. The molecule has 0 saturated carbocycles. The number of benzene rings is 2. The highest BCUT2D eigenvalue weighted by Crippen LogP contribution is 2.27. The van der Waals surface area contributed by atoms with Crippen LogP contribution in [0.1, 0.15) is 16.7 Å². The van der Waals surface area contributed by atoms with E-state index >= 15 is 0 Å². The van der Waals surface area contributed by atoms with Crippen molar-refractivity contribution in [1.82, 2.24) is 5.32 Å². The Kier molecular flexibility index (Phi) is 3.95. The van der Waals surface area contributed by atoms with E-state index in [-0.39, 0.29) is 0 Å². The van der Waals surface area contributed by atoms with Crippen molar-refractivity contribution in [3.8, 4) is 5.75 Å². The summed E-state index contributed by atoms with van der Waals surface area (Å²) in [4.78, 5) is 0. The summed E-state index contributed by atoms with van der Waals surface area (Å²) in [5.74, 6) is 0.848. The summed E-state index contributed by atoms with van der Waals surface area (Å²) < 4.78 is 5.38. The third-order valence-electron chi connectivity index (χ3n) is 3.91. The van der Waals surface area contributed by atoms with Crippen LogP contribution in [0.15, 0.2) is 42.5 Å². The van der Waals surface area contributed by atoms with Crippen LogP contribution >= 0.6 is 11.6 Å². The van der Waals surface area contributed by atoms with Gasteiger partial charge in [-0.05, 0) is 36.1 Å². The molecule has 1 aliphatic carbocycles. The molecule has 0 atom stereocenters. The fourth-order valence-electron chi connectivity index (χ4n) is 2.85. The van der Waals surface area contributed by atoms with Crippen LogP contribution in [0, 0.1) is 0 Å². The number of hydrogen-bond acceptors (Lipinski definition) is 2. The van der Waals surface area contributed by atoms with Gasteiger partial charge in [0, 0.05) is 23.2 Å². The molecule has 0 aliphatic heterocycles. The standard InChI is InChI=1S/C17H18ClNO/c1-20-17-8-4-7-16(18)15(17)11-19-14-9-12-5-2-3-6-13(12)10-14/h2-8,14,19H,9-11H2,1H3. The maximum Gasteiger partial charge on any atom is 0.124 e. The Morgan fingerprint density at radius 1 is 1.10 bits per heavy atom. The topological polar surface area (TPSA) is 21.3 Å². The molecule has 20 heavy (non-hydrogen) atoms. The van der Waals surface area contributed by atoms with Crippen LogP contribution in [0.3, 0.4) is 0 Å². The highest BCUT2D eigenvalue weighted by atomic mass is 35.5. The van der Waals surface area contributed by atoms with Crippen molar-refractivity contribution in [2.24, 2.45) is 0 Å². The molecule has 0 saturated heterocycles. The monoisotopic (exact) mass is 287 g/mol. The van der Waals surface area contributed by atoms with E-state index in [1.807, 2.05) is 18.2 Å². The van der Waals surface area contributed by atoms with E-state index in [1.54, 1.807) is 7.11 Å². The SMILES string of the molecule is COc1cccc(Cl)c1CNC1Cc2ccccc2C1. The van der Waals surface area contributed by atoms with Gasteiger partial charge in [-0.3, -0.25) is 0 Å². The van der Waals surface area contributed by atoms with Crippen molar-refractivity contribution >= 4 is 11.6 Å². The van der Waals surface area contributed by atoms with E-state index in [4.69, 9.17) is 16.3 Å². The van der Waals surface area contributed by atoms with Gasteiger partial charge in [-0.25, -0.2) is 0 Å². The lowest BCUT2D eigenvalue weighted by atomic mass is 10.1. The predicted molar refractivity (Wildman–Crippen MR) is 82.5 cm³/mol. The van der Waals surface area contributed by atoms with Crippen LogP contribution in [-0.4, -0.2) is 13.2 Å². The highest BCUT2D eigenvalue weighted by molar-refractivity contribution is 6.31. The van der Waals surface area contributed by atoms with Crippen molar-refractivity contribution in [2.45, 2.75) is 25.4 Å². The molecule has 0 bridgehead atoms. The summed E-state index contributed by atoms with van der Waals surface area (Å²) in [6, 6.07) is 14.9. The minimum Gasteiger partial charge on any atom is -0.496 e. The first-order valence-electron chi connectivity index (χ1n) is 6.89. The molecule has 3 rings (SSSR count). The third-order valence-corrected chi connectivity index (χ3v) is 4.27. The Morgan fingerprint density at radius 3 is 2.45 bits per heavy atom. The average molecular weight is 288 g/mol. The quantitative estimate of drug-likeness (QED) is 0.928. The van der Waals surface area contributed by atoms with E-state index in [2.05, 4.69) is 29.6 Å². The molecule has 0 spiro atoms. The summed E-state index contributed by atoms with van der Waals surface area (Å²) >= 11 is 6.26. The number of fused-ring (bicyclic) bond motifs is 1. The zero-order chi connectivity index (χ0) is 13.9. The third kappa shape index (κ3) is 2.67. The lowest BCUT2D eigenvalue weighted by molar-refractivity contribution is 0.405. The summed E-state index contributed by atoms with van der Waals surface area (Å²) in [6.45, 7) is 0.738. The van der Waals surface area contributed by atoms with Crippen LogP contribution < -0.4 is 10.1 Å². The van der Waals surface area contributed by atoms with Crippen molar-refractivity contribution < 1.29 is 4.74 Å². The zero-order valence-corrected chi connectivity index (χ0v) is 12.3. The number of halogens is 1. The van der Waals surface area contributed by atoms with Crippen LogP contribution in [-0.2, 0) is 19.4 Å². The van der Waals surface area contributed by atoms with Crippen molar-refractivity contribution in [1.29, 1.82) is 0 Å². The van der Waals surface area contributed by atoms with Gasteiger partial charge in [-0.15, -0.1) is 0 Å². The van der Waals surface area contributed by atoms with Gasteiger partial charge in [0.25, 0.3) is 0 Å². The summed E-state index contributed by atoms with van der Waals surface area (Å²) in [7, 11) is 1.68. The molecular formula is C17H18ClNO. The number of nitrogens with one attached hydrogen (secondary N) is 1. The molecule has 1 N–H and O–H groups in total. The number of methoxy groups -OCH3 is 1. The van der Waals surface area contributed by atoms with E-state index in [9.17, 15) is 0 Å². The second-order valence-corrected chi connectivity index (χ2v) is 5.58. The molecule has 1 aliphatic rings. The first-order chi connectivity index (χ1) is 9.78. The molecule has 0 unspecified atom stereocenters. The highest BCUT2D eigenvalue weighted by Gasteiger charge is 2.20. The largest absolute Gasteiger partial charge is 0.496 e. The van der Waals surface area contributed by atoms with Gasteiger partial charge in [-0.1, -0.05) is 41.9 Å². The van der Waals surface area contributed by atoms with Crippen LogP contribution in [0.25, 0.3) is 0 Å². The summed E-state index contributed by atoms with van der Waals surface area (Å²) in [6.07, 6.45) is 2.17. The summed E-state index contributed by atoms with van der Waals surface area (Å²) in [5.41, 5.74) is 3.94. The van der Waals surface area contributed by atoms with Crippen molar-refractivity contribution in [3.05, 3.63) is 64.2 Å². The molecule has 0 amide bonds. The zero-order valence-electron chi connectivity index (χ0n) is 11.5. The van der Waals surface area contributed by atoms with E-state index in [0.717, 1.165) is 35.7 Å². The molecule has 0 heterocycles. The average Bonchev–Trinajstić information content (AvgIpc) is 2.88. The van der Waals surface area contributed by atoms with Gasteiger partial charge in [-0.2, -0.15) is 0 Å². The fourth-order valence-corrected chi connectivity index (χ4v) is 3.08. The maximum absolute atomic E-state index is 6.26. The van der Waals surface area contributed by atoms with Gasteiger partial charge in [0.05, 0.1) is 7.11 Å². The minimum atomic E-state index is 0.480. The Balaban J connectivity index is 1.67. The van der Waals surface area contributed by atoms with Crippen LogP contribution in [0.4, 0.5) is 0 Å². The normalized spacial score (nSPS) is 14.3. The smallest absolute Gasteiger partial charge is 0.124 e. The van der Waals surface area contributed by atoms with Crippen molar-refractivity contribution in [3.63, 3.8) is 0 Å². The molecule has 104 valence electrons. The van der Waals surface area contributed by atoms with Crippen LogP contribution in [0.2, 0.25) is 5.02 Å². The van der Waals surface area contributed by atoms with E-state index in [0.29, 0.717) is 6.04 Å². The van der Waals surface area contributed by atoms with Gasteiger partial charge >= 0.3 is 0 Å². The molecule has 2 nitrogen and oxygen atoms in total. The van der Waals surface area contributed by atoms with Gasteiger partial charge in [0.2, 0.25) is 0 Å². The Morgan fingerprint density at radius 2 is 1.80 bits per heavy atom. The molecule has 0 fully saturated rings. The van der Waals surface area contributed by atoms with Gasteiger partial charge in [0.1, 0.15) is 5.75 Å². The first-order valence-corrected chi connectivity index (χ1v) is 7.27. The Hall–Kier alpha value is -1.51. The number of rotatable bonds is 4. The molecule has 2 aromatic carbocycles. The van der Waals surface area contributed by atoms with Crippen molar-refractivity contribution in [2.75, 3.05) is 7.11 Å². The molecular weight excluding hydrogens is 270 g/mol. The summed E-state index contributed by atoms with van der Waals surface area (Å²) in [5, 5.41) is 4.35. The lowest BCUT2D eigenvalue weighted by Gasteiger charge is -2.15. The van der Waals surface area contributed by atoms with Crippen LogP contribution in [0.5, 0.6) is 5.75 Å². The van der Waals surface area contributed by atoms with Gasteiger partial charge < -0.3 is 10.1 Å². The van der Waals surface area contributed by atoms with E-state index in [1.165, 1.54) is 11.1 Å². The molecule has 0 radical (unpaired) electrons. The molecule has 0 aromatic heterocycles. The van der Waals surface area contributed by atoms with Gasteiger partial charge in [0.15, 0.2) is 0 Å².